The third kappa shape index (κ3) is 25.9. The molecule has 0 atom stereocenters. The predicted octanol–water partition coefficient (Wildman–Crippen LogP) is 9.20. The Morgan fingerprint density at radius 1 is 1.04 bits per heavy atom. The van der Waals surface area contributed by atoms with Gasteiger partial charge in [0.15, 0.2) is 0 Å². The van der Waals surface area contributed by atoms with Crippen LogP contribution in [0.5, 0.6) is 0 Å². The van der Waals surface area contributed by atoms with E-state index in [9.17, 15) is 0 Å². The molecule has 0 fully saturated rings. The molecule has 0 saturated carbocycles. The van der Waals surface area contributed by atoms with Crippen molar-refractivity contribution < 1.29 is 0 Å². The molecule has 4 heteroatoms. The van der Waals surface area contributed by atoms with Crippen LogP contribution in [0.15, 0.2) is 44.4 Å². The van der Waals surface area contributed by atoms with Crippen LogP contribution < -0.4 is 0 Å². The SMILES string of the molecule is CC.CC#CC.CSC=C(C)C.Cc1cccs1.Cc1sccc1Br. The number of hydrogen-bond donors (Lipinski definition) is 0. The molecule has 0 spiro atoms. The molecule has 0 amide bonds. The highest BCUT2D eigenvalue weighted by atomic mass is 79.9. The number of halogens is 1. The first-order chi connectivity index (χ1) is 11.9. The largest absolute Gasteiger partial charge is 0.149 e. The summed E-state index contributed by atoms with van der Waals surface area (Å²) in [5.41, 5.74) is 1.38. The lowest BCUT2D eigenvalue weighted by atomic mass is 10.4. The molecule has 0 nitrogen and oxygen atoms in total. The summed E-state index contributed by atoms with van der Waals surface area (Å²) < 4.78 is 1.22. The van der Waals surface area contributed by atoms with Gasteiger partial charge in [-0.25, -0.2) is 0 Å². The van der Waals surface area contributed by atoms with Crippen LogP contribution in [0, 0.1) is 25.7 Å². The minimum absolute atomic E-state index is 1.22. The maximum Gasteiger partial charge on any atom is 0.0311 e. The molecule has 0 N–H and O–H groups in total. The fourth-order valence-electron chi connectivity index (χ4n) is 0.966. The maximum atomic E-state index is 3.38. The Labute approximate surface area is 177 Å². The number of thioether (sulfide) groups is 1. The van der Waals surface area contributed by atoms with Crippen molar-refractivity contribution in [2.75, 3.05) is 6.26 Å². The normalized spacial score (nSPS) is 7.44. The van der Waals surface area contributed by atoms with Gasteiger partial charge in [0, 0.05) is 14.2 Å². The molecule has 0 aromatic carbocycles. The van der Waals surface area contributed by atoms with Gasteiger partial charge >= 0.3 is 0 Å². The van der Waals surface area contributed by atoms with Crippen LogP contribution in [0.2, 0.25) is 0 Å². The van der Waals surface area contributed by atoms with Gasteiger partial charge in [-0.1, -0.05) is 25.5 Å². The zero-order chi connectivity index (χ0) is 20.1. The second-order valence-corrected chi connectivity index (χ2v) is 8.31. The van der Waals surface area contributed by atoms with E-state index in [1.54, 1.807) is 34.4 Å². The quantitative estimate of drug-likeness (QED) is 0.381. The zero-order valence-corrected chi connectivity index (χ0v) is 21.1. The van der Waals surface area contributed by atoms with E-state index in [1.807, 2.05) is 27.7 Å². The molecular weight excluding hydrogens is 428 g/mol. The first-order valence-electron chi connectivity index (χ1n) is 8.08. The van der Waals surface area contributed by atoms with E-state index < -0.39 is 0 Å². The average Bonchev–Trinajstić information content (AvgIpc) is 3.22. The van der Waals surface area contributed by atoms with Gasteiger partial charge in [0.25, 0.3) is 0 Å². The van der Waals surface area contributed by atoms with Gasteiger partial charge in [0.2, 0.25) is 0 Å². The first-order valence-corrected chi connectivity index (χ1v) is 11.9. The molecule has 0 bridgehead atoms. The molecule has 2 aromatic rings. The smallest absolute Gasteiger partial charge is 0.0311 e. The van der Waals surface area contributed by atoms with Crippen molar-refractivity contribution in [2.24, 2.45) is 0 Å². The number of aryl methyl sites for hydroxylation is 2. The molecule has 0 aliphatic heterocycles. The number of thiophene rings is 2. The van der Waals surface area contributed by atoms with E-state index in [0.717, 1.165) is 0 Å². The highest BCUT2D eigenvalue weighted by Crippen LogP contribution is 2.20. The highest BCUT2D eigenvalue weighted by molar-refractivity contribution is 9.10. The van der Waals surface area contributed by atoms with Crippen molar-refractivity contribution in [2.45, 2.75) is 55.4 Å². The van der Waals surface area contributed by atoms with Crippen molar-refractivity contribution in [3.8, 4) is 11.8 Å². The molecule has 0 radical (unpaired) electrons. The van der Waals surface area contributed by atoms with E-state index in [2.05, 4.69) is 96.1 Å². The molecular formula is C21H33BrS3. The molecule has 2 heterocycles. The van der Waals surface area contributed by atoms with E-state index in [0.29, 0.717) is 0 Å². The van der Waals surface area contributed by atoms with Crippen molar-refractivity contribution in [1.82, 2.24) is 0 Å². The van der Waals surface area contributed by atoms with Crippen LogP contribution in [0.3, 0.4) is 0 Å². The Morgan fingerprint density at radius 2 is 1.60 bits per heavy atom. The van der Waals surface area contributed by atoms with Crippen LogP contribution in [0.4, 0.5) is 0 Å². The summed E-state index contributed by atoms with van der Waals surface area (Å²) in [6.45, 7) is 16.0. The van der Waals surface area contributed by atoms with Gasteiger partial charge in [-0.3, -0.25) is 0 Å². The van der Waals surface area contributed by atoms with Crippen LogP contribution in [0.1, 0.15) is 51.3 Å². The molecule has 25 heavy (non-hydrogen) atoms. The number of hydrogen-bond acceptors (Lipinski definition) is 3. The monoisotopic (exact) mass is 460 g/mol. The van der Waals surface area contributed by atoms with Gasteiger partial charge in [-0.15, -0.1) is 46.3 Å². The average molecular weight is 462 g/mol. The van der Waals surface area contributed by atoms with Gasteiger partial charge in [0.1, 0.15) is 0 Å². The standard InChI is InChI=1S/C5H5BrS.C5H6S.C5H10S.C4H6.C2H6/c1-4-5(6)2-3-7-4;1-5-3-2-4-6-5;1-5(2)4-6-3;1-3-4-2;1-2/h2-3H,1H3;2-4H,1H3;4H,1-3H3;1-2H3;1-2H3. The van der Waals surface area contributed by atoms with E-state index in [-0.39, 0.29) is 0 Å². The van der Waals surface area contributed by atoms with E-state index in [1.165, 1.54) is 19.8 Å². The lowest BCUT2D eigenvalue weighted by molar-refractivity contribution is 1.42. The third-order valence-corrected chi connectivity index (χ3v) is 5.54. The summed E-state index contributed by atoms with van der Waals surface area (Å²) in [7, 11) is 0. The number of allylic oxidation sites excluding steroid dienone is 1. The Kier molecular flexibility index (Phi) is 27.6. The lowest BCUT2D eigenvalue weighted by Crippen LogP contribution is -1.54. The molecule has 0 aliphatic rings. The second-order valence-electron chi connectivity index (χ2n) is 4.48. The van der Waals surface area contributed by atoms with Crippen molar-refractivity contribution >= 4 is 50.4 Å². The van der Waals surface area contributed by atoms with Crippen molar-refractivity contribution in [1.29, 1.82) is 0 Å². The summed E-state index contributed by atoms with van der Waals surface area (Å²) in [4.78, 5) is 2.73. The lowest BCUT2D eigenvalue weighted by Gasteiger charge is -1.80. The molecule has 2 rings (SSSR count). The third-order valence-electron chi connectivity index (χ3n) is 2.06. The maximum absolute atomic E-state index is 3.38. The fourth-order valence-corrected chi connectivity index (χ4v) is 3.14. The molecule has 0 saturated heterocycles. The number of rotatable bonds is 1. The van der Waals surface area contributed by atoms with Crippen LogP contribution >= 0.6 is 50.4 Å². The van der Waals surface area contributed by atoms with Gasteiger partial charge < -0.3 is 0 Å². The van der Waals surface area contributed by atoms with Gasteiger partial charge in [0.05, 0.1) is 0 Å². The Bertz CT molecular complexity index is 543. The molecule has 0 aliphatic carbocycles. The minimum atomic E-state index is 1.22. The van der Waals surface area contributed by atoms with Gasteiger partial charge in [-0.05, 0) is 92.0 Å². The topological polar surface area (TPSA) is 0 Å². The highest BCUT2D eigenvalue weighted by Gasteiger charge is 1.89. The van der Waals surface area contributed by atoms with Crippen molar-refractivity contribution in [3.05, 3.63) is 54.2 Å². The first kappa shape index (κ1) is 29.3. The molecule has 0 unspecified atom stereocenters. The molecule has 142 valence electrons. The Morgan fingerprint density at radius 3 is 1.68 bits per heavy atom. The Hall–Kier alpha value is -0.470. The fraction of sp³-hybridized carbons (Fsp3) is 0.429. The summed E-state index contributed by atoms with van der Waals surface area (Å²) >= 11 is 8.66. The Balaban J connectivity index is -0.000000254. The second kappa shape index (κ2) is 23.5. The summed E-state index contributed by atoms with van der Waals surface area (Å²) in [6, 6.07) is 6.21. The summed E-state index contributed by atoms with van der Waals surface area (Å²) in [5, 5.41) is 6.27. The van der Waals surface area contributed by atoms with Crippen molar-refractivity contribution in [3.63, 3.8) is 0 Å². The van der Waals surface area contributed by atoms with E-state index in [4.69, 9.17) is 0 Å². The van der Waals surface area contributed by atoms with E-state index >= 15 is 0 Å². The van der Waals surface area contributed by atoms with Gasteiger partial charge in [-0.2, -0.15) is 0 Å². The minimum Gasteiger partial charge on any atom is -0.149 e. The van der Waals surface area contributed by atoms with Crippen LogP contribution in [0.25, 0.3) is 0 Å². The zero-order valence-electron chi connectivity index (χ0n) is 17.1. The van der Waals surface area contributed by atoms with Crippen LogP contribution in [-0.4, -0.2) is 6.26 Å². The van der Waals surface area contributed by atoms with Crippen LogP contribution in [-0.2, 0) is 0 Å². The molecule has 2 aromatic heterocycles. The predicted molar refractivity (Wildman–Crippen MR) is 129 cm³/mol. The summed E-state index contributed by atoms with van der Waals surface area (Å²) in [6.07, 6.45) is 2.06. The summed E-state index contributed by atoms with van der Waals surface area (Å²) in [5.74, 6) is 5.36.